The van der Waals surface area contributed by atoms with Gasteiger partial charge >= 0.3 is 17.8 Å². The SMILES string of the molecule is CCCNC(=O)CNC(=O)CN1C(=O)C(=O)N(C2CCCC2)C1=O. The maximum atomic E-state index is 12.3. The Morgan fingerprint density at radius 3 is 2.33 bits per heavy atom. The summed E-state index contributed by atoms with van der Waals surface area (Å²) in [5.41, 5.74) is 0. The van der Waals surface area contributed by atoms with Crippen molar-refractivity contribution in [2.75, 3.05) is 19.6 Å². The minimum absolute atomic E-state index is 0.241. The van der Waals surface area contributed by atoms with Crippen molar-refractivity contribution in [2.24, 2.45) is 0 Å². The molecule has 1 saturated heterocycles. The molecule has 9 heteroatoms. The number of nitrogens with one attached hydrogen (secondary N) is 2. The highest BCUT2D eigenvalue weighted by Crippen LogP contribution is 2.27. The third kappa shape index (κ3) is 3.90. The lowest BCUT2D eigenvalue weighted by Gasteiger charge is -2.20. The van der Waals surface area contributed by atoms with Gasteiger partial charge in [0.15, 0.2) is 0 Å². The van der Waals surface area contributed by atoms with Crippen LogP contribution in [0.1, 0.15) is 39.0 Å². The Balaban J connectivity index is 1.88. The van der Waals surface area contributed by atoms with Crippen LogP contribution < -0.4 is 10.6 Å². The summed E-state index contributed by atoms with van der Waals surface area (Å²) in [6, 6.07) is -1.01. The standard InChI is InChI=1S/C15H22N4O5/c1-2-7-16-11(20)8-17-12(21)9-18-13(22)14(23)19(15(18)24)10-5-3-4-6-10/h10H,2-9H2,1H3,(H,16,20)(H,17,21). The van der Waals surface area contributed by atoms with Crippen LogP contribution >= 0.6 is 0 Å². The van der Waals surface area contributed by atoms with Crippen LogP contribution in [0, 0.1) is 0 Å². The largest absolute Gasteiger partial charge is 0.355 e. The minimum Gasteiger partial charge on any atom is -0.355 e. The molecule has 0 unspecified atom stereocenters. The van der Waals surface area contributed by atoms with E-state index in [2.05, 4.69) is 10.6 Å². The van der Waals surface area contributed by atoms with Crippen molar-refractivity contribution in [2.45, 2.75) is 45.1 Å². The minimum atomic E-state index is -0.988. The topological polar surface area (TPSA) is 116 Å². The summed E-state index contributed by atoms with van der Waals surface area (Å²) < 4.78 is 0. The predicted octanol–water partition coefficient (Wildman–Crippen LogP) is -0.638. The van der Waals surface area contributed by atoms with Crippen LogP contribution in [0.15, 0.2) is 0 Å². The zero-order valence-electron chi connectivity index (χ0n) is 13.7. The molecule has 2 rings (SSSR count). The van der Waals surface area contributed by atoms with Gasteiger partial charge in [-0.1, -0.05) is 19.8 Å². The van der Waals surface area contributed by atoms with Crippen molar-refractivity contribution in [3.63, 3.8) is 0 Å². The first kappa shape index (κ1) is 17.9. The lowest BCUT2D eigenvalue weighted by atomic mass is 10.2. The quantitative estimate of drug-likeness (QED) is 0.473. The second-order valence-electron chi connectivity index (χ2n) is 5.91. The molecule has 2 fully saturated rings. The van der Waals surface area contributed by atoms with Gasteiger partial charge in [0, 0.05) is 12.6 Å². The number of hydrogen-bond acceptors (Lipinski definition) is 5. The van der Waals surface area contributed by atoms with Crippen molar-refractivity contribution in [1.29, 1.82) is 0 Å². The molecule has 0 aromatic carbocycles. The molecular formula is C15H22N4O5. The Kier molecular flexibility index (Phi) is 5.88. The van der Waals surface area contributed by atoms with Gasteiger partial charge in [0.05, 0.1) is 6.54 Å². The first-order chi connectivity index (χ1) is 11.5. The zero-order valence-corrected chi connectivity index (χ0v) is 13.7. The monoisotopic (exact) mass is 338 g/mol. The van der Waals surface area contributed by atoms with Crippen molar-refractivity contribution >= 4 is 29.7 Å². The maximum absolute atomic E-state index is 12.3. The van der Waals surface area contributed by atoms with E-state index >= 15 is 0 Å². The van der Waals surface area contributed by atoms with Crippen LogP contribution in [0.25, 0.3) is 0 Å². The molecule has 0 atom stereocenters. The lowest BCUT2D eigenvalue weighted by molar-refractivity contribution is -0.144. The fraction of sp³-hybridized carbons (Fsp3) is 0.667. The second kappa shape index (κ2) is 7.89. The molecule has 1 aliphatic carbocycles. The highest BCUT2D eigenvalue weighted by molar-refractivity contribution is 6.45. The molecule has 1 saturated carbocycles. The van der Waals surface area contributed by atoms with Gasteiger partial charge in [-0.05, 0) is 19.3 Å². The number of imide groups is 2. The molecule has 9 nitrogen and oxygen atoms in total. The Hall–Kier alpha value is -2.45. The van der Waals surface area contributed by atoms with Gasteiger partial charge in [-0.2, -0.15) is 0 Å². The molecule has 0 radical (unpaired) electrons. The molecule has 24 heavy (non-hydrogen) atoms. The molecule has 132 valence electrons. The van der Waals surface area contributed by atoms with E-state index in [4.69, 9.17) is 0 Å². The third-order valence-electron chi connectivity index (χ3n) is 4.09. The number of carbonyl (C=O) groups is 5. The van der Waals surface area contributed by atoms with E-state index in [0.717, 1.165) is 24.2 Å². The van der Waals surface area contributed by atoms with Gasteiger partial charge in [0.1, 0.15) is 6.54 Å². The maximum Gasteiger partial charge on any atom is 0.334 e. The molecule has 1 aliphatic heterocycles. The Labute approximate surface area is 139 Å². The van der Waals surface area contributed by atoms with E-state index in [9.17, 15) is 24.0 Å². The summed E-state index contributed by atoms with van der Waals surface area (Å²) in [4.78, 5) is 61.1. The van der Waals surface area contributed by atoms with Crippen LogP contribution in [0.5, 0.6) is 0 Å². The van der Waals surface area contributed by atoms with E-state index in [-0.39, 0.29) is 18.5 Å². The summed E-state index contributed by atoms with van der Waals surface area (Å²) in [5.74, 6) is -2.88. The van der Waals surface area contributed by atoms with Crippen molar-refractivity contribution in [3.8, 4) is 0 Å². The summed E-state index contributed by atoms with van der Waals surface area (Å²) in [5, 5.41) is 4.92. The lowest BCUT2D eigenvalue weighted by Crippen LogP contribution is -2.45. The fourth-order valence-corrected chi connectivity index (χ4v) is 2.85. The first-order valence-electron chi connectivity index (χ1n) is 8.18. The smallest absolute Gasteiger partial charge is 0.334 e. The molecule has 0 aromatic rings. The van der Waals surface area contributed by atoms with Gasteiger partial charge in [-0.3, -0.25) is 24.1 Å². The molecule has 0 bridgehead atoms. The summed E-state index contributed by atoms with van der Waals surface area (Å²) in [6.07, 6.45) is 3.95. The molecule has 2 N–H and O–H groups in total. The van der Waals surface area contributed by atoms with E-state index in [1.165, 1.54) is 0 Å². The number of rotatable bonds is 7. The predicted molar refractivity (Wildman–Crippen MR) is 82.5 cm³/mol. The van der Waals surface area contributed by atoms with Crippen LogP contribution in [-0.4, -0.2) is 65.1 Å². The number of carbonyl (C=O) groups excluding carboxylic acids is 5. The fourth-order valence-electron chi connectivity index (χ4n) is 2.85. The Morgan fingerprint density at radius 2 is 1.71 bits per heavy atom. The molecule has 0 spiro atoms. The van der Waals surface area contributed by atoms with Crippen molar-refractivity contribution < 1.29 is 24.0 Å². The van der Waals surface area contributed by atoms with Crippen molar-refractivity contribution in [1.82, 2.24) is 20.4 Å². The van der Waals surface area contributed by atoms with Gasteiger partial charge in [0.25, 0.3) is 0 Å². The molecular weight excluding hydrogens is 316 g/mol. The van der Waals surface area contributed by atoms with E-state index in [1.54, 1.807) is 0 Å². The average Bonchev–Trinajstić information content (AvgIpc) is 3.14. The summed E-state index contributed by atoms with van der Waals surface area (Å²) in [6.45, 7) is 1.60. The van der Waals surface area contributed by atoms with Crippen LogP contribution in [0.2, 0.25) is 0 Å². The van der Waals surface area contributed by atoms with E-state index < -0.39 is 30.3 Å². The summed E-state index contributed by atoms with van der Waals surface area (Å²) >= 11 is 0. The number of nitrogens with zero attached hydrogens (tertiary/aromatic N) is 2. The first-order valence-corrected chi connectivity index (χ1v) is 8.18. The molecule has 1 heterocycles. The van der Waals surface area contributed by atoms with E-state index in [0.29, 0.717) is 24.3 Å². The highest BCUT2D eigenvalue weighted by atomic mass is 16.2. The van der Waals surface area contributed by atoms with Gasteiger partial charge in [0.2, 0.25) is 11.8 Å². The van der Waals surface area contributed by atoms with Gasteiger partial charge < -0.3 is 10.6 Å². The van der Waals surface area contributed by atoms with Crippen LogP contribution in [-0.2, 0) is 19.2 Å². The average molecular weight is 338 g/mol. The van der Waals surface area contributed by atoms with E-state index in [1.807, 2.05) is 6.92 Å². The molecule has 6 amide bonds. The Bertz CT molecular complexity index is 556. The molecule has 2 aliphatic rings. The summed E-state index contributed by atoms with van der Waals surface area (Å²) in [7, 11) is 0. The van der Waals surface area contributed by atoms with Gasteiger partial charge in [-0.15, -0.1) is 0 Å². The van der Waals surface area contributed by atoms with Crippen LogP contribution in [0.3, 0.4) is 0 Å². The second-order valence-corrected chi connectivity index (χ2v) is 5.91. The van der Waals surface area contributed by atoms with Crippen LogP contribution in [0.4, 0.5) is 4.79 Å². The number of amides is 6. The van der Waals surface area contributed by atoms with Gasteiger partial charge in [-0.25, -0.2) is 9.69 Å². The highest BCUT2D eigenvalue weighted by Gasteiger charge is 2.48. The van der Waals surface area contributed by atoms with Crippen molar-refractivity contribution in [3.05, 3.63) is 0 Å². The Morgan fingerprint density at radius 1 is 1.04 bits per heavy atom. The number of urea groups is 1. The third-order valence-corrected chi connectivity index (χ3v) is 4.09. The normalized spacial score (nSPS) is 18.5. The zero-order chi connectivity index (χ0) is 17.7. The number of hydrogen-bond donors (Lipinski definition) is 2. The molecule has 0 aromatic heterocycles.